The fraction of sp³-hybridized carbons (Fsp3) is 0.800. The van der Waals surface area contributed by atoms with Gasteiger partial charge in [-0.2, -0.15) is 4.31 Å². The maximum Gasteiger partial charge on any atom is 0.325 e. The van der Waals surface area contributed by atoms with Crippen LogP contribution in [-0.4, -0.2) is 44.6 Å². The van der Waals surface area contributed by atoms with Crippen LogP contribution in [-0.2, 0) is 19.6 Å². The van der Waals surface area contributed by atoms with Gasteiger partial charge in [0.25, 0.3) is 0 Å². The summed E-state index contributed by atoms with van der Waals surface area (Å²) >= 11 is 0. The normalized spacial score (nSPS) is 29.6. The van der Waals surface area contributed by atoms with Gasteiger partial charge < -0.3 is 4.74 Å². The molecule has 1 heterocycles. The molecule has 0 aromatic heterocycles. The first-order valence-electron chi connectivity index (χ1n) is 3.01. The molecule has 1 rings (SSSR count). The molecule has 0 aliphatic carbocycles. The molecule has 0 saturated carbocycles. The van der Waals surface area contributed by atoms with Crippen LogP contribution in [0.2, 0.25) is 0 Å². The summed E-state index contributed by atoms with van der Waals surface area (Å²) in [6.07, 6.45) is 1.07. The van der Waals surface area contributed by atoms with E-state index in [4.69, 9.17) is 0 Å². The Morgan fingerprint density at radius 1 is 1.64 bits per heavy atom. The van der Waals surface area contributed by atoms with Crippen molar-refractivity contribution >= 4 is 16.0 Å². The number of hydrogen-bond donors (Lipinski definition) is 0. The number of carbonyl (C=O) groups is 1. The number of sulfonamides is 1. The van der Waals surface area contributed by atoms with Crippen LogP contribution in [0, 0.1) is 0 Å². The predicted octanol–water partition coefficient (Wildman–Crippen LogP) is -1.20. The maximum absolute atomic E-state index is 10.7. The molecular formula is C5H9NO4S. The van der Waals surface area contributed by atoms with Gasteiger partial charge in [-0.15, -0.1) is 0 Å². The minimum atomic E-state index is -3.20. The highest BCUT2D eigenvalue weighted by molar-refractivity contribution is 7.88. The molecular weight excluding hydrogens is 170 g/mol. The number of nitrogens with zero attached hydrogens (tertiary/aromatic N) is 1. The van der Waals surface area contributed by atoms with Gasteiger partial charge in [-0.25, -0.2) is 8.42 Å². The van der Waals surface area contributed by atoms with Gasteiger partial charge in [0.05, 0.1) is 13.4 Å². The van der Waals surface area contributed by atoms with Crippen molar-refractivity contribution in [3.05, 3.63) is 0 Å². The first kappa shape index (κ1) is 8.48. The summed E-state index contributed by atoms with van der Waals surface area (Å²) in [5, 5.41) is 0. The fourth-order valence-electron chi connectivity index (χ4n) is 0.818. The summed E-state index contributed by atoms with van der Waals surface area (Å²) in [6, 6.07) is -0.574. The van der Waals surface area contributed by atoms with Gasteiger partial charge in [-0.05, 0) is 0 Å². The van der Waals surface area contributed by atoms with Crippen molar-refractivity contribution in [1.82, 2.24) is 4.31 Å². The van der Waals surface area contributed by atoms with Crippen molar-refractivity contribution in [3.8, 4) is 0 Å². The zero-order valence-electron chi connectivity index (χ0n) is 6.27. The van der Waals surface area contributed by atoms with E-state index in [0.29, 0.717) is 0 Å². The molecule has 0 N–H and O–H groups in total. The van der Waals surface area contributed by atoms with Gasteiger partial charge in [0.1, 0.15) is 6.04 Å². The number of methoxy groups -OCH3 is 1. The third kappa shape index (κ3) is 1.69. The summed E-state index contributed by atoms with van der Waals surface area (Å²) < 4.78 is 26.9. The lowest BCUT2D eigenvalue weighted by molar-refractivity contribution is -0.140. The molecule has 1 aliphatic rings. The highest BCUT2D eigenvalue weighted by Gasteiger charge is 2.47. The molecule has 0 radical (unpaired) electrons. The van der Waals surface area contributed by atoms with Crippen LogP contribution in [0.25, 0.3) is 0 Å². The Balaban J connectivity index is 2.57. The molecule has 2 atom stereocenters. The summed E-state index contributed by atoms with van der Waals surface area (Å²) in [7, 11) is -1.96. The summed E-state index contributed by atoms with van der Waals surface area (Å²) in [4.78, 5) is 10.7. The molecule has 5 nitrogen and oxygen atoms in total. The Morgan fingerprint density at radius 3 is 2.45 bits per heavy atom. The van der Waals surface area contributed by atoms with Crippen LogP contribution in [0.1, 0.15) is 0 Å². The van der Waals surface area contributed by atoms with Crippen molar-refractivity contribution in [1.29, 1.82) is 0 Å². The molecule has 64 valence electrons. The summed E-state index contributed by atoms with van der Waals surface area (Å²) in [5.74, 6) is -0.490. The highest BCUT2D eigenvalue weighted by Crippen LogP contribution is 2.21. The van der Waals surface area contributed by atoms with E-state index < -0.39 is 22.0 Å². The molecule has 11 heavy (non-hydrogen) atoms. The third-order valence-corrected chi connectivity index (χ3v) is 2.72. The van der Waals surface area contributed by atoms with Crippen LogP contribution in [0.15, 0.2) is 0 Å². The van der Waals surface area contributed by atoms with Crippen LogP contribution in [0.4, 0.5) is 0 Å². The molecule has 0 bridgehead atoms. The molecule has 1 saturated heterocycles. The van der Waals surface area contributed by atoms with E-state index in [2.05, 4.69) is 4.74 Å². The van der Waals surface area contributed by atoms with E-state index in [-0.39, 0.29) is 6.54 Å². The van der Waals surface area contributed by atoms with Gasteiger partial charge in [0, 0.05) is 6.54 Å². The lowest BCUT2D eigenvalue weighted by Crippen LogP contribution is -2.18. The van der Waals surface area contributed by atoms with E-state index >= 15 is 0 Å². The molecule has 0 aromatic rings. The van der Waals surface area contributed by atoms with E-state index in [1.54, 1.807) is 0 Å². The van der Waals surface area contributed by atoms with Crippen molar-refractivity contribution in [2.24, 2.45) is 0 Å². The monoisotopic (exact) mass is 179 g/mol. The molecule has 1 unspecified atom stereocenters. The van der Waals surface area contributed by atoms with E-state index in [9.17, 15) is 13.2 Å². The van der Waals surface area contributed by atoms with Crippen molar-refractivity contribution < 1.29 is 17.9 Å². The molecule has 0 spiro atoms. The minimum Gasteiger partial charge on any atom is -0.468 e. The van der Waals surface area contributed by atoms with E-state index in [1.807, 2.05) is 0 Å². The summed E-state index contributed by atoms with van der Waals surface area (Å²) in [6.45, 7) is 0.255. The molecule has 0 aromatic carbocycles. The zero-order chi connectivity index (χ0) is 8.65. The fourth-order valence-corrected chi connectivity index (χ4v) is 1.78. The van der Waals surface area contributed by atoms with Gasteiger partial charge in [0.2, 0.25) is 10.0 Å². The standard InChI is InChI=1S/C5H9NO4S/c1-10-5(7)4-3-6(4)11(2,8)9/h4H,3H2,1-2H3/t4-,6?/m1/s1. The molecule has 6 heteroatoms. The number of carbonyl (C=O) groups excluding carboxylic acids is 1. The van der Waals surface area contributed by atoms with Gasteiger partial charge in [0.15, 0.2) is 0 Å². The second-order valence-corrected chi connectivity index (χ2v) is 4.31. The lowest BCUT2D eigenvalue weighted by Gasteiger charge is -1.97. The number of ether oxygens (including phenoxy) is 1. The largest absolute Gasteiger partial charge is 0.468 e. The topological polar surface area (TPSA) is 63.5 Å². The molecule has 1 aliphatic heterocycles. The van der Waals surface area contributed by atoms with E-state index in [0.717, 1.165) is 10.6 Å². The first-order chi connectivity index (χ1) is 4.96. The van der Waals surface area contributed by atoms with Crippen molar-refractivity contribution in [3.63, 3.8) is 0 Å². The lowest BCUT2D eigenvalue weighted by atomic mass is 10.5. The number of hydrogen-bond acceptors (Lipinski definition) is 4. The van der Waals surface area contributed by atoms with E-state index in [1.165, 1.54) is 7.11 Å². The Bertz CT molecular complexity index is 270. The SMILES string of the molecule is COC(=O)[C@H]1CN1S(C)(=O)=O. The second kappa shape index (κ2) is 2.46. The van der Waals surface area contributed by atoms with Crippen molar-refractivity contribution in [2.45, 2.75) is 6.04 Å². The zero-order valence-corrected chi connectivity index (χ0v) is 7.09. The predicted molar refractivity (Wildman–Crippen MR) is 37.4 cm³/mol. The van der Waals surface area contributed by atoms with Gasteiger partial charge in [-0.3, -0.25) is 4.79 Å². The first-order valence-corrected chi connectivity index (χ1v) is 4.86. The Hall–Kier alpha value is -0.620. The van der Waals surface area contributed by atoms with Crippen molar-refractivity contribution in [2.75, 3.05) is 19.9 Å². The number of esters is 1. The minimum absolute atomic E-state index is 0.255. The van der Waals surface area contributed by atoms with Crippen LogP contribution < -0.4 is 0 Å². The highest BCUT2D eigenvalue weighted by atomic mass is 32.2. The number of rotatable bonds is 2. The average Bonchev–Trinajstić information content (AvgIpc) is 2.62. The van der Waals surface area contributed by atoms with Crippen LogP contribution in [0.3, 0.4) is 0 Å². The molecule has 0 amide bonds. The Kier molecular flexibility index (Phi) is 1.89. The van der Waals surface area contributed by atoms with Gasteiger partial charge in [-0.1, -0.05) is 0 Å². The van der Waals surface area contributed by atoms with Crippen LogP contribution >= 0.6 is 0 Å². The van der Waals surface area contributed by atoms with Gasteiger partial charge >= 0.3 is 5.97 Å². The van der Waals surface area contributed by atoms with Crippen LogP contribution in [0.5, 0.6) is 0 Å². The molecule has 1 fully saturated rings. The third-order valence-electron chi connectivity index (χ3n) is 1.47. The maximum atomic E-state index is 10.7. The smallest absolute Gasteiger partial charge is 0.325 e. The second-order valence-electron chi connectivity index (χ2n) is 2.37. The average molecular weight is 179 g/mol. The quantitative estimate of drug-likeness (QED) is 0.394. The summed E-state index contributed by atoms with van der Waals surface area (Å²) in [5.41, 5.74) is 0. The Morgan fingerprint density at radius 2 is 2.18 bits per heavy atom. The Labute approximate surface area is 65.0 Å².